The molecule has 2 heterocycles. The molecule has 152 valence electrons. The van der Waals surface area contributed by atoms with Gasteiger partial charge in [-0.05, 0) is 54.8 Å². The molecule has 7 heteroatoms. The van der Waals surface area contributed by atoms with Gasteiger partial charge in [0.15, 0.2) is 11.5 Å². The molecule has 1 fully saturated rings. The Morgan fingerprint density at radius 1 is 1.00 bits per heavy atom. The van der Waals surface area contributed by atoms with E-state index in [1.807, 2.05) is 42.5 Å². The minimum atomic E-state index is -0.0489. The predicted octanol–water partition coefficient (Wildman–Crippen LogP) is 2.78. The van der Waals surface area contributed by atoms with Gasteiger partial charge in [-0.3, -0.25) is 9.59 Å². The Kier molecular flexibility index (Phi) is 5.95. The molecule has 2 aromatic rings. The van der Waals surface area contributed by atoms with Crippen molar-refractivity contribution in [3.05, 3.63) is 48.0 Å². The van der Waals surface area contributed by atoms with Crippen molar-refractivity contribution in [1.29, 1.82) is 0 Å². The average Bonchev–Trinajstić information content (AvgIpc) is 2.75. The van der Waals surface area contributed by atoms with Crippen LogP contribution < -0.4 is 19.7 Å². The summed E-state index contributed by atoms with van der Waals surface area (Å²) in [6.07, 6.45) is 1.96. The summed E-state index contributed by atoms with van der Waals surface area (Å²) in [4.78, 5) is 25.8. The van der Waals surface area contributed by atoms with E-state index in [0.29, 0.717) is 32.8 Å². The highest BCUT2D eigenvalue weighted by atomic mass is 16.6. The first-order valence-corrected chi connectivity index (χ1v) is 9.85. The van der Waals surface area contributed by atoms with Crippen molar-refractivity contribution in [1.82, 2.24) is 0 Å². The molecule has 2 aliphatic heterocycles. The third kappa shape index (κ3) is 4.86. The molecule has 0 spiro atoms. The van der Waals surface area contributed by atoms with Gasteiger partial charge >= 0.3 is 0 Å². The number of hydrogen-bond donors (Lipinski definition) is 1. The van der Waals surface area contributed by atoms with Crippen molar-refractivity contribution in [2.75, 3.05) is 43.2 Å². The largest absolute Gasteiger partial charge is 0.486 e. The van der Waals surface area contributed by atoms with E-state index in [-0.39, 0.29) is 18.4 Å². The Hall–Kier alpha value is -3.06. The number of hydrogen-bond acceptors (Lipinski definition) is 5. The molecular weight excluding hydrogens is 372 g/mol. The van der Waals surface area contributed by atoms with Crippen LogP contribution in [0.25, 0.3) is 0 Å². The lowest BCUT2D eigenvalue weighted by Gasteiger charge is -2.26. The minimum absolute atomic E-state index is 0.0299. The van der Waals surface area contributed by atoms with Gasteiger partial charge in [0.25, 0.3) is 5.91 Å². The van der Waals surface area contributed by atoms with Gasteiger partial charge in [0, 0.05) is 24.3 Å². The van der Waals surface area contributed by atoms with Crippen molar-refractivity contribution < 1.29 is 23.8 Å². The molecule has 2 amide bonds. The van der Waals surface area contributed by atoms with Gasteiger partial charge in [-0.1, -0.05) is 6.07 Å². The SMILES string of the molecule is O=C(CCCc1ccc2c(c1)OCCO2)Nc1ccc(N2CCOCC2=O)cc1. The highest BCUT2D eigenvalue weighted by Gasteiger charge is 2.20. The molecule has 0 bridgehead atoms. The summed E-state index contributed by atoms with van der Waals surface area (Å²) < 4.78 is 16.3. The van der Waals surface area contributed by atoms with Crippen molar-refractivity contribution in [3.63, 3.8) is 0 Å². The number of aryl methyl sites for hydroxylation is 1. The fourth-order valence-corrected chi connectivity index (χ4v) is 3.44. The van der Waals surface area contributed by atoms with Crippen molar-refractivity contribution in [3.8, 4) is 11.5 Å². The summed E-state index contributed by atoms with van der Waals surface area (Å²) in [7, 11) is 0. The molecule has 2 aromatic carbocycles. The van der Waals surface area contributed by atoms with Crippen LogP contribution in [0.1, 0.15) is 18.4 Å². The number of ether oxygens (including phenoxy) is 3. The quantitative estimate of drug-likeness (QED) is 0.813. The zero-order valence-corrected chi connectivity index (χ0v) is 16.2. The molecule has 0 unspecified atom stereocenters. The van der Waals surface area contributed by atoms with E-state index in [4.69, 9.17) is 14.2 Å². The topological polar surface area (TPSA) is 77.1 Å². The maximum Gasteiger partial charge on any atom is 0.253 e. The number of rotatable bonds is 6. The Labute approximate surface area is 169 Å². The van der Waals surface area contributed by atoms with E-state index in [9.17, 15) is 9.59 Å². The zero-order chi connectivity index (χ0) is 20.1. The number of nitrogens with one attached hydrogen (secondary N) is 1. The number of fused-ring (bicyclic) bond motifs is 1. The fourth-order valence-electron chi connectivity index (χ4n) is 3.44. The van der Waals surface area contributed by atoms with Gasteiger partial charge in [0.2, 0.25) is 5.91 Å². The minimum Gasteiger partial charge on any atom is -0.486 e. The van der Waals surface area contributed by atoms with Crippen LogP contribution in [0, 0.1) is 0 Å². The molecule has 29 heavy (non-hydrogen) atoms. The number of nitrogens with zero attached hydrogens (tertiary/aromatic N) is 1. The third-order valence-electron chi connectivity index (χ3n) is 4.92. The molecule has 0 saturated carbocycles. The van der Waals surface area contributed by atoms with Gasteiger partial charge in [-0.25, -0.2) is 0 Å². The van der Waals surface area contributed by atoms with Crippen LogP contribution in [0.4, 0.5) is 11.4 Å². The lowest BCUT2D eigenvalue weighted by atomic mass is 10.1. The van der Waals surface area contributed by atoms with Gasteiger partial charge in [-0.2, -0.15) is 0 Å². The highest BCUT2D eigenvalue weighted by molar-refractivity contribution is 5.95. The van der Waals surface area contributed by atoms with Crippen LogP contribution in [-0.4, -0.2) is 44.8 Å². The number of carbonyl (C=O) groups is 2. The summed E-state index contributed by atoms with van der Waals surface area (Å²) in [5.74, 6) is 1.47. The van der Waals surface area contributed by atoms with Crippen molar-refractivity contribution in [2.24, 2.45) is 0 Å². The molecule has 2 aliphatic rings. The number of amides is 2. The number of benzene rings is 2. The van der Waals surface area contributed by atoms with Crippen LogP contribution in [0.5, 0.6) is 11.5 Å². The summed E-state index contributed by atoms with van der Waals surface area (Å²) in [6, 6.07) is 13.2. The Morgan fingerprint density at radius 2 is 1.79 bits per heavy atom. The maximum absolute atomic E-state index is 12.2. The van der Waals surface area contributed by atoms with Crippen LogP contribution >= 0.6 is 0 Å². The monoisotopic (exact) mass is 396 g/mol. The van der Waals surface area contributed by atoms with Crippen LogP contribution in [-0.2, 0) is 20.7 Å². The molecule has 1 N–H and O–H groups in total. The predicted molar refractivity (Wildman–Crippen MR) is 109 cm³/mol. The smallest absolute Gasteiger partial charge is 0.253 e. The summed E-state index contributed by atoms with van der Waals surface area (Å²) >= 11 is 0. The highest BCUT2D eigenvalue weighted by Crippen LogP contribution is 2.31. The van der Waals surface area contributed by atoms with E-state index in [0.717, 1.165) is 41.3 Å². The standard InChI is InChI=1S/C22H24N2O5/c25-21(3-1-2-16-4-9-19-20(14-16)29-13-12-28-19)23-17-5-7-18(8-6-17)24-10-11-27-15-22(24)26/h4-9,14H,1-3,10-13,15H2,(H,23,25). The molecule has 1 saturated heterocycles. The van der Waals surface area contributed by atoms with Gasteiger partial charge < -0.3 is 24.4 Å². The van der Waals surface area contributed by atoms with Crippen LogP contribution in [0.3, 0.4) is 0 Å². The van der Waals surface area contributed by atoms with Crippen molar-refractivity contribution >= 4 is 23.2 Å². The maximum atomic E-state index is 12.2. The second kappa shape index (κ2) is 8.96. The Balaban J connectivity index is 1.25. The lowest BCUT2D eigenvalue weighted by molar-refractivity contribution is -0.125. The third-order valence-corrected chi connectivity index (χ3v) is 4.92. The Bertz CT molecular complexity index is 881. The zero-order valence-electron chi connectivity index (χ0n) is 16.2. The average molecular weight is 396 g/mol. The van der Waals surface area contributed by atoms with Gasteiger partial charge in [0.1, 0.15) is 19.8 Å². The van der Waals surface area contributed by atoms with E-state index in [2.05, 4.69) is 5.32 Å². The lowest BCUT2D eigenvalue weighted by Crippen LogP contribution is -2.41. The van der Waals surface area contributed by atoms with E-state index < -0.39 is 0 Å². The molecule has 7 nitrogen and oxygen atoms in total. The normalized spacial score (nSPS) is 15.9. The van der Waals surface area contributed by atoms with E-state index in [1.165, 1.54) is 0 Å². The molecule has 0 radical (unpaired) electrons. The molecule has 0 aromatic heterocycles. The van der Waals surface area contributed by atoms with Crippen LogP contribution in [0.2, 0.25) is 0 Å². The number of anilines is 2. The number of carbonyl (C=O) groups excluding carboxylic acids is 2. The van der Waals surface area contributed by atoms with Gasteiger partial charge in [-0.15, -0.1) is 0 Å². The van der Waals surface area contributed by atoms with Crippen LogP contribution in [0.15, 0.2) is 42.5 Å². The second-order valence-electron chi connectivity index (χ2n) is 7.02. The molecule has 0 atom stereocenters. The summed E-state index contributed by atoms with van der Waals surface area (Å²) in [5.41, 5.74) is 2.66. The number of morpholine rings is 1. The first-order chi connectivity index (χ1) is 14.2. The van der Waals surface area contributed by atoms with E-state index in [1.54, 1.807) is 4.90 Å². The fraction of sp³-hybridized carbons (Fsp3) is 0.364. The van der Waals surface area contributed by atoms with Crippen molar-refractivity contribution in [2.45, 2.75) is 19.3 Å². The first-order valence-electron chi connectivity index (χ1n) is 9.85. The molecular formula is C22H24N2O5. The van der Waals surface area contributed by atoms with E-state index >= 15 is 0 Å². The first kappa shape index (κ1) is 19.3. The van der Waals surface area contributed by atoms with Gasteiger partial charge in [0.05, 0.1) is 6.61 Å². The molecule has 0 aliphatic carbocycles. The Morgan fingerprint density at radius 3 is 2.59 bits per heavy atom. The second-order valence-corrected chi connectivity index (χ2v) is 7.02. The summed E-state index contributed by atoms with van der Waals surface area (Å²) in [6.45, 7) is 2.34. The molecule has 4 rings (SSSR count). The summed E-state index contributed by atoms with van der Waals surface area (Å²) in [5, 5.41) is 2.91.